The molecular formula is C25H30ClN7O2S. The number of carbonyl (C=O) groups is 1. The topological polar surface area (TPSA) is 110 Å². The van der Waals surface area contributed by atoms with Gasteiger partial charge in [0, 0.05) is 36.3 Å². The van der Waals surface area contributed by atoms with Gasteiger partial charge in [-0.1, -0.05) is 23.4 Å². The lowest BCUT2D eigenvalue weighted by molar-refractivity contribution is 0.0186. The number of pyridine rings is 2. The lowest BCUT2D eigenvalue weighted by Crippen LogP contribution is -2.52. The Morgan fingerprint density at radius 3 is 2.58 bits per heavy atom. The van der Waals surface area contributed by atoms with Gasteiger partial charge in [-0.25, -0.2) is 24.7 Å². The Hall–Kier alpha value is -2.85. The van der Waals surface area contributed by atoms with Crippen molar-refractivity contribution in [1.82, 2.24) is 24.8 Å². The van der Waals surface area contributed by atoms with Gasteiger partial charge in [-0.05, 0) is 64.7 Å². The van der Waals surface area contributed by atoms with Crippen molar-refractivity contribution < 1.29 is 9.53 Å². The van der Waals surface area contributed by atoms with Crippen LogP contribution in [-0.4, -0.2) is 61.7 Å². The van der Waals surface area contributed by atoms with Gasteiger partial charge in [0.1, 0.15) is 27.8 Å². The van der Waals surface area contributed by atoms with Crippen LogP contribution >= 0.6 is 23.4 Å². The highest BCUT2D eigenvalue weighted by Crippen LogP contribution is 2.40. The maximum Gasteiger partial charge on any atom is 0.410 e. The molecule has 0 radical (unpaired) electrons. The molecule has 2 aliphatic heterocycles. The summed E-state index contributed by atoms with van der Waals surface area (Å²) < 4.78 is 5.59. The first-order chi connectivity index (χ1) is 17.1. The summed E-state index contributed by atoms with van der Waals surface area (Å²) in [4.78, 5) is 35.7. The van der Waals surface area contributed by atoms with Crippen molar-refractivity contribution in [2.45, 2.75) is 80.1 Å². The molecule has 0 aliphatic carbocycles. The molecule has 0 spiro atoms. The van der Waals surface area contributed by atoms with Crippen molar-refractivity contribution in [2.75, 3.05) is 17.7 Å². The van der Waals surface area contributed by atoms with Gasteiger partial charge >= 0.3 is 6.09 Å². The van der Waals surface area contributed by atoms with E-state index in [1.807, 2.05) is 52.2 Å². The number of hydrogen-bond donors (Lipinski definition) is 1. The number of amides is 1. The van der Waals surface area contributed by atoms with Crippen molar-refractivity contribution in [2.24, 2.45) is 0 Å². The molecular weight excluding hydrogens is 498 g/mol. The minimum absolute atomic E-state index is 0.150. The molecule has 3 atom stereocenters. The first kappa shape index (κ1) is 24.8. The predicted octanol–water partition coefficient (Wildman–Crippen LogP) is 5.17. The lowest BCUT2D eigenvalue weighted by Gasteiger charge is -2.42. The van der Waals surface area contributed by atoms with Crippen LogP contribution in [0.5, 0.6) is 0 Å². The highest BCUT2D eigenvalue weighted by Gasteiger charge is 2.44. The number of rotatable bonds is 4. The van der Waals surface area contributed by atoms with Crippen LogP contribution in [-0.2, 0) is 4.74 Å². The summed E-state index contributed by atoms with van der Waals surface area (Å²) in [6.45, 7) is 5.68. The van der Waals surface area contributed by atoms with Crippen molar-refractivity contribution in [1.29, 1.82) is 0 Å². The summed E-state index contributed by atoms with van der Waals surface area (Å²) in [5.74, 6) is 1.16. The second-order valence-electron chi connectivity index (χ2n) is 10.3. The quantitative estimate of drug-likeness (QED) is 0.491. The SMILES string of the molecule is CN(C(=O)OC(C)(C)C)C1C[C@H]2CC[C@@H](C1)N2c1cnc2nc(Sc3ccnc(N)c3Cl)ccc2n1. The summed E-state index contributed by atoms with van der Waals surface area (Å²) in [6.07, 6.45) is 7.09. The molecule has 1 unspecified atom stereocenters. The van der Waals surface area contributed by atoms with E-state index in [1.54, 1.807) is 11.1 Å². The van der Waals surface area contributed by atoms with Crippen LogP contribution in [0.25, 0.3) is 11.2 Å². The van der Waals surface area contributed by atoms with Gasteiger partial charge < -0.3 is 20.3 Å². The summed E-state index contributed by atoms with van der Waals surface area (Å²) in [6, 6.07) is 6.43. The smallest absolute Gasteiger partial charge is 0.410 e. The van der Waals surface area contributed by atoms with Crippen LogP contribution in [0.3, 0.4) is 0 Å². The monoisotopic (exact) mass is 527 g/mol. The Morgan fingerprint density at radius 1 is 1.17 bits per heavy atom. The molecule has 5 heterocycles. The highest BCUT2D eigenvalue weighted by molar-refractivity contribution is 7.99. The standard InChI is InChI=1S/C25H30ClN7O2S/c1-25(2,3)35-24(34)32(4)16-11-14-5-6-15(12-16)33(14)19-13-29-23-17(30-19)7-8-20(31-23)36-18-9-10-28-22(27)21(18)26/h7-10,13-16H,5-6,11-12H2,1-4H3,(H2,27,28)/t14-,15+,16?. The molecule has 36 heavy (non-hydrogen) atoms. The Kier molecular flexibility index (Phi) is 6.59. The second kappa shape index (κ2) is 9.55. The van der Waals surface area contributed by atoms with Crippen LogP contribution in [0.4, 0.5) is 16.4 Å². The van der Waals surface area contributed by atoms with E-state index >= 15 is 0 Å². The van der Waals surface area contributed by atoms with E-state index in [0.29, 0.717) is 28.6 Å². The van der Waals surface area contributed by atoms with Crippen LogP contribution in [0.15, 0.2) is 40.5 Å². The molecule has 0 aromatic carbocycles. The number of aromatic nitrogens is 4. The summed E-state index contributed by atoms with van der Waals surface area (Å²) in [5, 5.41) is 1.17. The Morgan fingerprint density at radius 2 is 1.89 bits per heavy atom. The first-order valence-electron chi connectivity index (χ1n) is 12.0. The number of nitrogens with two attached hydrogens (primary N) is 1. The van der Waals surface area contributed by atoms with Gasteiger partial charge in [-0.2, -0.15) is 0 Å². The summed E-state index contributed by atoms with van der Waals surface area (Å²) in [5.41, 5.74) is 6.63. The molecule has 11 heteroatoms. The normalized spacial score (nSPS) is 21.6. The number of anilines is 2. The van der Waals surface area contributed by atoms with Crippen LogP contribution in [0, 0.1) is 0 Å². The van der Waals surface area contributed by atoms with Gasteiger partial charge in [0.05, 0.1) is 11.2 Å². The van der Waals surface area contributed by atoms with Gasteiger partial charge in [0.2, 0.25) is 0 Å². The molecule has 2 aliphatic rings. The second-order valence-corrected chi connectivity index (χ2v) is 11.8. The van der Waals surface area contributed by atoms with Gasteiger partial charge in [-0.3, -0.25) is 0 Å². The number of nitrogens with zero attached hydrogens (tertiary/aromatic N) is 6. The van der Waals surface area contributed by atoms with E-state index < -0.39 is 5.60 Å². The lowest BCUT2D eigenvalue weighted by atomic mass is 9.96. The maximum absolute atomic E-state index is 12.6. The number of piperidine rings is 1. The Labute approximate surface area is 219 Å². The van der Waals surface area contributed by atoms with Gasteiger partial charge in [0.25, 0.3) is 0 Å². The molecule has 1 amide bonds. The van der Waals surface area contributed by atoms with Crippen molar-refractivity contribution >= 4 is 52.3 Å². The Bertz CT molecular complexity index is 1290. The molecule has 0 saturated carbocycles. The number of halogens is 1. The molecule has 2 N–H and O–H groups in total. The van der Waals surface area contributed by atoms with Crippen molar-refractivity contribution in [3.05, 3.63) is 35.6 Å². The molecule has 5 rings (SSSR count). The number of carbonyl (C=O) groups excluding carboxylic acids is 1. The number of fused-ring (bicyclic) bond motifs is 3. The molecule has 9 nitrogen and oxygen atoms in total. The molecule has 3 aromatic rings. The van der Waals surface area contributed by atoms with Crippen LogP contribution in [0.2, 0.25) is 5.02 Å². The fourth-order valence-electron chi connectivity index (χ4n) is 5.01. The van der Waals surface area contributed by atoms with E-state index in [0.717, 1.165) is 46.9 Å². The van der Waals surface area contributed by atoms with Crippen molar-refractivity contribution in [3.63, 3.8) is 0 Å². The fraction of sp³-hybridized carbons (Fsp3) is 0.480. The maximum atomic E-state index is 12.6. The van der Waals surface area contributed by atoms with E-state index in [9.17, 15) is 4.79 Å². The van der Waals surface area contributed by atoms with Gasteiger partial charge in [0.15, 0.2) is 5.65 Å². The van der Waals surface area contributed by atoms with E-state index in [-0.39, 0.29) is 12.1 Å². The van der Waals surface area contributed by atoms with E-state index in [2.05, 4.69) is 19.9 Å². The zero-order valence-corrected chi connectivity index (χ0v) is 22.4. The molecule has 190 valence electrons. The van der Waals surface area contributed by atoms with Crippen LogP contribution in [0.1, 0.15) is 46.5 Å². The minimum Gasteiger partial charge on any atom is -0.444 e. The Balaban J connectivity index is 1.31. The van der Waals surface area contributed by atoms with Gasteiger partial charge in [-0.15, -0.1) is 0 Å². The highest BCUT2D eigenvalue weighted by atomic mass is 35.5. The predicted molar refractivity (Wildman–Crippen MR) is 141 cm³/mol. The molecule has 2 bridgehead atoms. The third kappa shape index (κ3) is 5.01. The largest absolute Gasteiger partial charge is 0.444 e. The number of ether oxygens (including phenoxy) is 1. The summed E-state index contributed by atoms with van der Waals surface area (Å²) >= 11 is 7.69. The fourth-order valence-corrected chi connectivity index (χ4v) is 6.06. The zero-order chi connectivity index (χ0) is 25.6. The molecule has 2 fully saturated rings. The minimum atomic E-state index is -0.504. The van der Waals surface area contributed by atoms with Crippen LogP contribution < -0.4 is 10.6 Å². The van der Waals surface area contributed by atoms with E-state index in [1.165, 1.54) is 11.8 Å². The number of nitrogen functional groups attached to an aromatic ring is 1. The first-order valence-corrected chi connectivity index (χ1v) is 13.2. The van der Waals surface area contributed by atoms with E-state index in [4.69, 9.17) is 27.1 Å². The summed E-state index contributed by atoms with van der Waals surface area (Å²) in [7, 11) is 1.85. The third-order valence-electron chi connectivity index (χ3n) is 6.66. The molecule has 2 saturated heterocycles. The third-order valence-corrected chi connectivity index (χ3v) is 8.17. The zero-order valence-electron chi connectivity index (χ0n) is 20.8. The average molecular weight is 528 g/mol. The average Bonchev–Trinajstić information content (AvgIpc) is 3.09. The number of hydrogen-bond acceptors (Lipinski definition) is 9. The van der Waals surface area contributed by atoms with Crippen molar-refractivity contribution in [3.8, 4) is 0 Å². The molecule has 3 aromatic heterocycles.